The number of nitrogens with one attached hydrogen (secondary N) is 3. The molecular formula is C36H26Cl2F2N8O3S2. The van der Waals surface area contributed by atoms with Gasteiger partial charge in [-0.25, -0.2) is 23.7 Å². The standard InChI is InChI=1S/C18H12ClFN4OS.C10H8ClFN2OS.C8H6N2O/c19-14-7-12(20)4-3-10(14)8-23-18-24-17(25)15(26-18)6-11-9-22-16-13(11)2-1-5-21-16;11-8-3-7(12)2-1-6(8)4-13-10-14-9(15)5-16-10;11-5-6-4-10-8-7(6)2-1-3-9-8/h1-7,9,25H,8H2,(H,23,24);1-3H,4-5H2,(H,13,14,15);1-5H,(H,9,10). The number of benzene rings is 2. The van der Waals surface area contributed by atoms with Gasteiger partial charge in [-0.05, 0) is 65.7 Å². The Kier molecular flexibility index (Phi) is 12.2. The molecule has 4 aromatic heterocycles. The number of amides is 1. The molecule has 0 aliphatic carbocycles. The van der Waals surface area contributed by atoms with E-state index in [4.69, 9.17) is 23.2 Å². The van der Waals surface area contributed by atoms with Gasteiger partial charge in [-0.2, -0.15) is 4.98 Å². The number of carbonyl (C=O) groups excluding carboxylic acids is 2. The highest BCUT2D eigenvalue weighted by Crippen LogP contribution is 2.35. The summed E-state index contributed by atoms with van der Waals surface area (Å²) in [7, 11) is 0. The predicted octanol–water partition coefficient (Wildman–Crippen LogP) is 8.48. The molecule has 53 heavy (non-hydrogen) atoms. The molecule has 2 aliphatic rings. The Morgan fingerprint density at radius 3 is 2.45 bits per heavy atom. The Bertz CT molecular complexity index is 2400. The number of thiazole rings is 1. The maximum atomic E-state index is 13.1. The van der Waals surface area contributed by atoms with Crippen LogP contribution in [0.15, 0.2) is 89.2 Å². The SMILES string of the molecule is O=C1CSC(=NCc2ccc(F)cc2Cl)N1.O=Cc1c[nH]c2ncccc12.Oc1nc(NCc2ccc(F)cc2Cl)sc1C=C1C=Nc2ncccc21. The predicted molar refractivity (Wildman–Crippen MR) is 207 cm³/mol. The molecule has 1 saturated heterocycles. The van der Waals surface area contributed by atoms with E-state index in [1.54, 1.807) is 36.9 Å². The van der Waals surface area contributed by atoms with Crippen molar-refractivity contribution in [3.63, 3.8) is 0 Å². The third-order valence-corrected chi connectivity index (χ3v) is 9.96. The van der Waals surface area contributed by atoms with Crippen LogP contribution in [0.5, 0.6) is 5.88 Å². The lowest BCUT2D eigenvalue weighted by Gasteiger charge is -2.05. The lowest BCUT2D eigenvalue weighted by Crippen LogP contribution is -2.20. The van der Waals surface area contributed by atoms with Gasteiger partial charge >= 0.3 is 0 Å². The van der Waals surface area contributed by atoms with E-state index < -0.39 is 0 Å². The number of nitrogens with zero attached hydrogens (tertiary/aromatic N) is 5. The lowest BCUT2D eigenvalue weighted by atomic mass is 10.1. The molecule has 0 spiro atoms. The van der Waals surface area contributed by atoms with Crippen molar-refractivity contribution in [2.75, 3.05) is 11.1 Å². The summed E-state index contributed by atoms with van der Waals surface area (Å²) in [4.78, 5) is 45.6. The van der Waals surface area contributed by atoms with Crippen molar-refractivity contribution in [2.24, 2.45) is 9.98 Å². The van der Waals surface area contributed by atoms with Crippen molar-refractivity contribution in [3.8, 4) is 5.88 Å². The van der Waals surface area contributed by atoms with Crippen LogP contribution in [0.25, 0.3) is 22.7 Å². The van der Waals surface area contributed by atoms with Crippen LogP contribution < -0.4 is 10.6 Å². The number of hydrogen-bond donors (Lipinski definition) is 4. The highest BCUT2D eigenvalue weighted by Gasteiger charge is 2.17. The molecule has 2 aromatic carbocycles. The summed E-state index contributed by atoms with van der Waals surface area (Å²) < 4.78 is 25.9. The maximum absolute atomic E-state index is 13.1. The first-order chi connectivity index (χ1) is 25.7. The Hall–Kier alpha value is -5.48. The summed E-state index contributed by atoms with van der Waals surface area (Å²) in [6.45, 7) is 0.706. The zero-order valence-corrected chi connectivity index (χ0v) is 30.3. The van der Waals surface area contributed by atoms with Crippen molar-refractivity contribution in [2.45, 2.75) is 13.1 Å². The minimum absolute atomic E-state index is 0.0473. The summed E-state index contributed by atoms with van der Waals surface area (Å²) >= 11 is 14.5. The summed E-state index contributed by atoms with van der Waals surface area (Å²) in [5.74, 6) is 0.190. The van der Waals surface area contributed by atoms with E-state index in [1.807, 2.05) is 30.3 Å². The van der Waals surface area contributed by atoms with Crippen molar-refractivity contribution < 1.29 is 23.5 Å². The summed E-state index contributed by atoms with van der Waals surface area (Å²) in [6.07, 6.45) is 9.38. The van der Waals surface area contributed by atoms with E-state index in [-0.39, 0.29) is 23.4 Å². The van der Waals surface area contributed by atoms with Crippen LogP contribution in [-0.2, 0) is 17.9 Å². The van der Waals surface area contributed by atoms with Gasteiger partial charge in [0.15, 0.2) is 22.4 Å². The summed E-state index contributed by atoms with van der Waals surface area (Å²) in [5, 5.41) is 18.5. The monoisotopic (exact) mass is 790 g/mol. The normalized spacial score (nSPS) is 14.4. The number of H-pyrrole nitrogens is 1. The Morgan fingerprint density at radius 2 is 1.74 bits per heavy atom. The minimum Gasteiger partial charge on any atom is -0.492 e. The van der Waals surface area contributed by atoms with Crippen LogP contribution in [-0.4, -0.2) is 54.4 Å². The molecule has 2 aliphatic heterocycles. The molecule has 11 nitrogen and oxygen atoms in total. The number of aromatic nitrogens is 4. The first-order valence-corrected chi connectivity index (χ1v) is 18.1. The second-order valence-corrected chi connectivity index (χ2v) is 13.8. The van der Waals surface area contributed by atoms with Crippen molar-refractivity contribution >= 4 is 104 Å². The average Bonchev–Trinajstić information content (AvgIpc) is 3.95. The number of hydrogen-bond acceptors (Lipinski definition) is 11. The van der Waals surface area contributed by atoms with E-state index >= 15 is 0 Å². The molecule has 8 rings (SSSR count). The molecule has 268 valence electrons. The number of aromatic amines is 1. The second-order valence-electron chi connectivity index (χ2n) is 11.0. The van der Waals surface area contributed by atoms with E-state index in [9.17, 15) is 23.5 Å². The number of aliphatic imine (C=N–C) groups is 2. The molecule has 0 atom stereocenters. The summed E-state index contributed by atoms with van der Waals surface area (Å²) in [5.41, 5.74) is 4.67. The highest BCUT2D eigenvalue weighted by molar-refractivity contribution is 8.15. The fraction of sp³-hybridized carbons (Fsp3) is 0.0833. The van der Waals surface area contributed by atoms with Crippen LogP contribution >= 0.6 is 46.3 Å². The quantitative estimate of drug-likeness (QED) is 0.117. The molecule has 0 saturated carbocycles. The molecule has 0 bridgehead atoms. The first-order valence-electron chi connectivity index (χ1n) is 15.5. The molecule has 6 heterocycles. The zero-order valence-electron chi connectivity index (χ0n) is 27.2. The number of allylic oxidation sites excluding steroid dienone is 1. The average molecular weight is 792 g/mol. The fourth-order valence-corrected chi connectivity index (χ4v) is 6.75. The minimum atomic E-state index is -0.382. The third-order valence-electron chi connectivity index (χ3n) is 7.39. The van der Waals surface area contributed by atoms with Crippen LogP contribution in [0.3, 0.4) is 0 Å². The molecule has 6 aromatic rings. The lowest BCUT2D eigenvalue weighted by molar-refractivity contribution is -0.116. The number of aromatic hydroxyl groups is 1. The van der Waals surface area contributed by atoms with Crippen molar-refractivity contribution in [3.05, 3.63) is 128 Å². The molecule has 4 N–H and O–H groups in total. The number of pyridine rings is 2. The van der Waals surface area contributed by atoms with Crippen LogP contribution in [0.4, 0.5) is 19.7 Å². The van der Waals surface area contributed by atoms with E-state index in [0.717, 1.165) is 39.6 Å². The van der Waals surface area contributed by atoms with Gasteiger partial charge in [0.05, 0.1) is 17.2 Å². The van der Waals surface area contributed by atoms with Gasteiger partial charge in [-0.15, -0.1) is 0 Å². The molecule has 0 unspecified atom stereocenters. The van der Waals surface area contributed by atoms with E-state index in [1.165, 1.54) is 47.4 Å². The van der Waals surface area contributed by atoms with Crippen LogP contribution in [0.2, 0.25) is 10.0 Å². The topological polar surface area (TPSA) is 158 Å². The number of aldehydes is 1. The highest BCUT2D eigenvalue weighted by atomic mass is 35.5. The molecule has 1 fully saturated rings. The Labute approximate surface area is 319 Å². The van der Waals surface area contributed by atoms with Gasteiger partial charge in [0.25, 0.3) is 0 Å². The van der Waals surface area contributed by atoms with Gasteiger partial charge in [-0.1, -0.05) is 58.4 Å². The van der Waals surface area contributed by atoms with Crippen molar-refractivity contribution in [1.82, 2.24) is 25.3 Å². The van der Waals surface area contributed by atoms with Gasteiger partial charge < -0.3 is 20.7 Å². The van der Waals surface area contributed by atoms with E-state index in [0.29, 0.717) is 55.4 Å². The van der Waals surface area contributed by atoms with Gasteiger partial charge in [0.2, 0.25) is 11.8 Å². The number of rotatable bonds is 7. The maximum Gasteiger partial charge on any atom is 0.236 e. The van der Waals surface area contributed by atoms with Gasteiger partial charge in [0.1, 0.15) is 17.3 Å². The van der Waals surface area contributed by atoms with Gasteiger partial charge in [0, 0.05) is 63.5 Å². The number of halogens is 4. The molecular weight excluding hydrogens is 765 g/mol. The zero-order chi connectivity index (χ0) is 37.3. The fourth-order valence-electron chi connectivity index (χ4n) is 4.80. The Morgan fingerprint density at radius 1 is 1.00 bits per heavy atom. The second kappa shape index (κ2) is 17.4. The number of anilines is 1. The largest absolute Gasteiger partial charge is 0.492 e. The van der Waals surface area contributed by atoms with Crippen molar-refractivity contribution in [1.29, 1.82) is 0 Å². The molecule has 17 heteroatoms. The molecule has 0 radical (unpaired) electrons. The van der Waals surface area contributed by atoms with E-state index in [2.05, 4.69) is 40.6 Å². The third kappa shape index (κ3) is 9.70. The smallest absolute Gasteiger partial charge is 0.236 e. The summed E-state index contributed by atoms with van der Waals surface area (Å²) in [6, 6.07) is 15.8. The van der Waals surface area contributed by atoms with Crippen LogP contribution in [0.1, 0.15) is 31.9 Å². The number of fused-ring (bicyclic) bond motifs is 2. The van der Waals surface area contributed by atoms with Gasteiger partial charge in [-0.3, -0.25) is 14.6 Å². The first kappa shape index (κ1) is 37.3. The number of thioether (sulfide) groups is 1. The number of carbonyl (C=O) groups is 2. The van der Waals surface area contributed by atoms with Crippen LogP contribution in [0, 0.1) is 11.6 Å². The molecule has 1 amide bonds. The Balaban J connectivity index is 0.000000151. The number of amidine groups is 1.